The Labute approximate surface area is 205 Å². The van der Waals surface area contributed by atoms with Crippen LogP contribution in [-0.4, -0.2) is 29.1 Å². The highest BCUT2D eigenvalue weighted by molar-refractivity contribution is 8.00. The van der Waals surface area contributed by atoms with Gasteiger partial charge in [0.05, 0.1) is 23.0 Å². The number of nitro groups is 1. The number of hydrogen-bond acceptors (Lipinski definition) is 6. The third kappa shape index (κ3) is 4.85. The standard InChI is InChI=1S/C24H20ClN3O5S/c1-2-33-21-6-4-3-5-19(21)27-22(29)14-34-24(27)15-7-10-17(11-8-15)26-23(30)16-9-12-18(25)20(13-16)28(31)32/h3-13,24H,2,14H2,1H3,(H,26,30)/t24-/m1/s1. The Balaban J connectivity index is 1.53. The van der Waals surface area contributed by atoms with Crippen molar-refractivity contribution in [3.8, 4) is 5.75 Å². The molecule has 10 heteroatoms. The maximum Gasteiger partial charge on any atom is 0.288 e. The molecule has 0 unspecified atom stereocenters. The Hall–Kier alpha value is -3.56. The van der Waals surface area contributed by atoms with Crippen molar-refractivity contribution < 1.29 is 19.2 Å². The Morgan fingerprint density at radius 3 is 2.65 bits per heavy atom. The number of amides is 2. The number of nitrogens with one attached hydrogen (secondary N) is 1. The van der Waals surface area contributed by atoms with E-state index in [1.54, 1.807) is 17.0 Å². The normalized spacial score (nSPS) is 15.3. The number of carbonyl (C=O) groups is 2. The SMILES string of the molecule is CCOc1ccccc1N1C(=O)CS[C@@H]1c1ccc(NC(=O)c2ccc(Cl)c([N+](=O)[O-])c2)cc1. The van der Waals surface area contributed by atoms with Crippen molar-refractivity contribution in [2.24, 2.45) is 0 Å². The van der Waals surface area contributed by atoms with Gasteiger partial charge in [-0.25, -0.2) is 0 Å². The molecule has 174 valence electrons. The van der Waals surface area contributed by atoms with Crippen LogP contribution in [0.1, 0.15) is 28.2 Å². The van der Waals surface area contributed by atoms with Crippen LogP contribution in [-0.2, 0) is 4.79 Å². The van der Waals surface area contributed by atoms with Crippen LogP contribution in [0.15, 0.2) is 66.7 Å². The number of nitro benzene ring substituents is 1. The summed E-state index contributed by atoms with van der Waals surface area (Å²) in [6.45, 7) is 2.38. The largest absolute Gasteiger partial charge is 0.492 e. The zero-order valence-corrected chi connectivity index (χ0v) is 19.6. The first-order chi connectivity index (χ1) is 16.4. The van der Waals surface area contributed by atoms with Gasteiger partial charge < -0.3 is 10.1 Å². The predicted octanol–water partition coefficient (Wildman–Crippen LogP) is 5.68. The second-order valence-corrected chi connectivity index (χ2v) is 8.80. The van der Waals surface area contributed by atoms with E-state index < -0.39 is 10.8 Å². The molecule has 2 amide bonds. The van der Waals surface area contributed by atoms with Crippen molar-refractivity contribution in [2.75, 3.05) is 22.6 Å². The van der Waals surface area contributed by atoms with Crippen LogP contribution < -0.4 is 15.0 Å². The molecule has 8 nitrogen and oxygen atoms in total. The fraction of sp³-hybridized carbons (Fsp3) is 0.167. The number of carbonyl (C=O) groups excluding carboxylic acids is 2. The van der Waals surface area contributed by atoms with Gasteiger partial charge in [-0.1, -0.05) is 35.9 Å². The zero-order chi connectivity index (χ0) is 24.2. The van der Waals surface area contributed by atoms with Gasteiger partial charge in [-0.2, -0.15) is 0 Å². The number of hydrogen-bond donors (Lipinski definition) is 1. The molecule has 0 spiro atoms. The molecule has 1 heterocycles. The number of ether oxygens (including phenoxy) is 1. The fourth-order valence-corrected chi connectivity index (χ4v) is 4.95. The van der Waals surface area contributed by atoms with Gasteiger partial charge in [0.2, 0.25) is 5.91 Å². The maximum absolute atomic E-state index is 12.7. The van der Waals surface area contributed by atoms with Gasteiger partial charge in [-0.3, -0.25) is 24.6 Å². The van der Waals surface area contributed by atoms with E-state index in [4.69, 9.17) is 16.3 Å². The molecule has 1 aliphatic heterocycles. The molecule has 1 aliphatic rings. The van der Waals surface area contributed by atoms with Crippen LogP contribution in [0.2, 0.25) is 5.02 Å². The number of rotatable bonds is 7. The average molecular weight is 498 g/mol. The van der Waals surface area contributed by atoms with Crippen molar-refractivity contribution in [3.05, 3.63) is 93.0 Å². The quantitative estimate of drug-likeness (QED) is 0.333. The number of nitrogens with zero attached hydrogens (tertiary/aromatic N) is 2. The fourth-order valence-electron chi connectivity index (χ4n) is 3.59. The molecule has 4 rings (SSSR count). The van der Waals surface area contributed by atoms with Crippen molar-refractivity contribution in [1.82, 2.24) is 0 Å². The van der Waals surface area contributed by atoms with Crippen LogP contribution in [0.3, 0.4) is 0 Å². The molecule has 0 bridgehead atoms. The van der Waals surface area contributed by atoms with E-state index in [1.165, 1.54) is 23.9 Å². The minimum Gasteiger partial charge on any atom is -0.492 e. The molecule has 1 saturated heterocycles. The van der Waals surface area contributed by atoms with Crippen LogP contribution in [0.4, 0.5) is 17.1 Å². The van der Waals surface area contributed by atoms with Crippen LogP contribution in [0.25, 0.3) is 0 Å². The maximum atomic E-state index is 12.7. The number of para-hydroxylation sites is 2. The lowest BCUT2D eigenvalue weighted by Crippen LogP contribution is -2.28. The Bertz CT molecular complexity index is 1250. The molecule has 1 N–H and O–H groups in total. The van der Waals surface area contributed by atoms with Gasteiger partial charge in [0.25, 0.3) is 11.6 Å². The second-order valence-electron chi connectivity index (χ2n) is 7.33. The van der Waals surface area contributed by atoms with E-state index in [0.717, 1.165) is 11.6 Å². The molecule has 34 heavy (non-hydrogen) atoms. The van der Waals surface area contributed by atoms with Gasteiger partial charge in [0.1, 0.15) is 16.1 Å². The summed E-state index contributed by atoms with van der Waals surface area (Å²) < 4.78 is 5.72. The third-order valence-corrected chi connectivity index (χ3v) is 6.68. The third-order valence-electron chi connectivity index (χ3n) is 5.15. The van der Waals surface area contributed by atoms with Crippen molar-refractivity contribution in [1.29, 1.82) is 0 Å². The predicted molar refractivity (Wildman–Crippen MR) is 133 cm³/mol. The molecular weight excluding hydrogens is 478 g/mol. The zero-order valence-electron chi connectivity index (χ0n) is 18.1. The van der Waals surface area contributed by atoms with Gasteiger partial charge >= 0.3 is 0 Å². The highest BCUT2D eigenvalue weighted by Crippen LogP contribution is 2.45. The van der Waals surface area contributed by atoms with E-state index in [1.807, 2.05) is 43.3 Å². The summed E-state index contributed by atoms with van der Waals surface area (Å²) in [6, 6.07) is 18.5. The molecule has 3 aromatic rings. The summed E-state index contributed by atoms with van der Waals surface area (Å²) in [5.41, 5.74) is 1.91. The number of thioether (sulfide) groups is 1. The minimum absolute atomic E-state index is 0.0103. The summed E-state index contributed by atoms with van der Waals surface area (Å²) >= 11 is 7.33. The average Bonchev–Trinajstić information content (AvgIpc) is 3.21. The summed E-state index contributed by atoms with van der Waals surface area (Å²) in [6.07, 6.45) is 0. The van der Waals surface area contributed by atoms with E-state index in [-0.39, 0.29) is 27.6 Å². The Morgan fingerprint density at radius 2 is 1.94 bits per heavy atom. The smallest absolute Gasteiger partial charge is 0.288 e. The highest BCUT2D eigenvalue weighted by Gasteiger charge is 2.35. The van der Waals surface area contributed by atoms with Gasteiger partial charge in [-0.05, 0) is 48.9 Å². The lowest BCUT2D eigenvalue weighted by atomic mass is 10.1. The first kappa shape index (κ1) is 23.6. The number of benzene rings is 3. The molecule has 3 aromatic carbocycles. The summed E-state index contributed by atoms with van der Waals surface area (Å²) in [5, 5.41) is 13.5. The molecule has 1 fully saturated rings. The molecule has 1 atom stereocenters. The van der Waals surface area contributed by atoms with Gasteiger partial charge in [0.15, 0.2) is 0 Å². The Kier molecular flexibility index (Phi) is 7.04. The highest BCUT2D eigenvalue weighted by atomic mass is 35.5. The summed E-state index contributed by atoms with van der Waals surface area (Å²) in [7, 11) is 0. The summed E-state index contributed by atoms with van der Waals surface area (Å²) in [5.74, 6) is 0.486. The van der Waals surface area contributed by atoms with E-state index in [2.05, 4.69) is 5.32 Å². The number of halogens is 1. The van der Waals surface area contributed by atoms with Crippen molar-refractivity contribution in [2.45, 2.75) is 12.3 Å². The van der Waals surface area contributed by atoms with E-state index >= 15 is 0 Å². The molecule has 0 aromatic heterocycles. The first-order valence-electron chi connectivity index (χ1n) is 10.4. The van der Waals surface area contributed by atoms with E-state index in [0.29, 0.717) is 29.5 Å². The minimum atomic E-state index is -0.635. The lowest BCUT2D eigenvalue weighted by molar-refractivity contribution is -0.384. The lowest BCUT2D eigenvalue weighted by Gasteiger charge is -2.26. The summed E-state index contributed by atoms with van der Waals surface area (Å²) in [4.78, 5) is 37.5. The Morgan fingerprint density at radius 1 is 1.21 bits per heavy atom. The molecule has 0 aliphatic carbocycles. The first-order valence-corrected chi connectivity index (χ1v) is 11.8. The van der Waals surface area contributed by atoms with E-state index in [9.17, 15) is 19.7 Å². The monoisotopic (exact) mass is 497 g/mol. The molecular formula is C24H20ClN3O5S. The van der Waals surface area contributed by atoms with Crippen molar-refractivity contribution in [3.63, 3.8) is 0 Å². The molecule has 0 radical (unpaired) electrons. The van der Waals surface area contributed by atoms with Crippen LogP contribution in [0.5, 0.6) is 5.75 Å². The molecule has 0 saturated carbocycles. The van der Waals surface area contributed by atoms with Crippen molar-refractivity contribution >= 4 is 52.2 Å². The topological polar surface area (TPSA) is 102 Å². The van der Waals surface area contributed by atoms with Gasteiger partial charge in [-0.15, -0.1) is 11.8 Å². The van der Waals surface area contributed by atoms with Crippen LogP contribution in [0, 0.1) is 10.1 Å². The van der Waals surface area contributed by atoms with Crippen LogP contribution >= 0.6 is 23.4 Å². The number of anilines is 2. The second kappa shape index (κ2) is 10.1. The van der Waals surface area contributed by atoms with Gasteiger partial charge in [0, 0.05) is 17.3 Å².